The van der Waals surface area contributed by atoms with Crippen LogP contribution in [-0.4, -0.2) is 28.5 Å². The van der Waals surface area contributed by atoms with Gasteiger partial charge < -0.3 is 15.6 Å². The van der Waals surface area contributed by atoms with Crippen LogP contribution < -0.4 is 10.5 Å². The number of nitrogens with zero attached hydrogens (tertiary/aromatic N) is 2. The van der Waals surface area contributed by atoms with Crippen molar-refractivity contribution < 1.29 is 27.4 Å². The van der Waals surface area contributed by atoms with Crippen LogP contribution in [0.5, 0.6) is 5.75 Å². The van der Waals surface area contributed by atoms with Gasteiger partial charge in [0.15, 0.2) is 5.65 Å². The Morgan fingerprint density at radius 2 is 1.73 bits per heavy atom. The van der Waals surface area contributed by atoms with E-state index < -0.39 is 21.8 Å². The summed E-state index contributed by atoms with van der Waals surface area (Å²) in [6.07, 6.45) is 1.16. The second-order valence-electron chi connectivity index (χ2n) is 9.28. The molecule has 3 aromatic carbocycles. The number of halogens is 1. The quantitative estimate of drug-likeness (QED) is 0.259. The molecule has 0 radical (unpaired) electrons. The molecule has 204 valence electrons. The van der Waals surface area contributed by atoms with Crippen LogP contribution >= 0.6 is 0 Å². The molecule has 0 fully saturated rings. The van der Waals surface area contributed by atoms with Gasteiger partial charge in [-0.3, -0.25) is 4.79 Å². The molecule has 0 aliphatic heterocycles. The van der Waals surface area contributed by atoms with E-state index in [1.54, 1.807) is 66.7 Å². The summed E-state index contributed by atoms with van der Waals surface area (Å²) in [6.45, 7) is 1.74. The molecule has 40 heavy (non-hydrogen) atoms. The smallest absolute Gasteiger partial charge is 0.307 e. The summed E-state index contributed by atoms with van der Waals surface area (Å²) in [7, 11) is -4.03. The first-order chi connectivity index (χ1) is 19.2. The number of fused-ring (bicyclic) bond motifs is 1. The maximum Gasteiger partial charge on any atom is 0.307 e. The first kappa shape index (κ1) is 27.0. The number of aromatic nitrogens is 2. The molecule has 5 rings (SSSR count). The van der Waals surface area contributed by atoms with E-state index in [2.05, 4.69) is 4.98 Å². The molecular formula is C30H26FN3O5S. The minimum absolute atomic E-state index is 0.00690. The number of pyridine rings is 1. The maximum absolute atomic E-state index is 15.5. The van der Waals surface area contributed by atoms with Crippen molar-refractivity contribution in [2.45, 2.75) is 31.4 Å². The Hall–Kier alpha value is -4.54. The Morgan fingerprint density at radius 1 is 1.00 bits per heavy atom. The highest BCUT2D eigenvalue weighted by Gasteiger charge is 2.23. The highest BCUT2D eigenvalue weighted by molar-refractivity contribution is 7.90. The molecule has 0 saturated heterocycles. The zero-order valence-electron chi connectivity index (χ0n) is 21.5. The highest BCUT2D eigenvalue weighted by atomic mass is 32.2. The minimum atomic E-state index is -4.03. The Balaban J connectivity index is 1.66. The topological polar surface area (TPSA) is 125 Å². The minimum Gasteiger partial charge on any atom is -0.487 e. The van der Waals surface area contributed by atoms with Crippen LogP contribution in [0.15, 0.2) is 90.0 Å². The number of para-hydroxylation sites is 1. The third kappa shape index (κ3) is 5.18. The summed E-state index contributed by atoms with van der Waals surface area (Å²) >= 11 is 0. The van der Waals surface area contributed by atoms with Crippen LogP contribution in [-0.2, 0) is 34.4 Å². The summed E-state index contributed by atoms with van der Waals surface area (Å²) in [5, 5.41) is 9.68. The van der Waals surface area contributed by atoms with Gasteiger partial charge in [0.25, 0.3) is 10.0 Å². The zero-order valence-corrected chi connectivity index (χ0v) is 22.4. The molecule has 0 amide bonds. The molecule has 3 N–H and O–H groups in total. The van der Waals surface area contributed by atoms with Gasteiger partial charge in [-0.15, -0.1) is 0 Å². The van der Waals surface area contributed by atoms with Crippen LogP contribution in [0.3, 0.4) is 0 Å². The molecule has 0 unspecified atom stereocenters. The van der Waals surface area contributed by atoms with E-state index in [4.69, 9.17) is 10.5 Å². The Morgan fingerprint density at radius 3 is 2.45 bits per heavy atom. The lowest BCUT2D eigenvalue weighted by Crippen LogP contribution is -2.13. The van der Waals surface area contributed by atoms with Crippen molar-refractivity contribution in [3.63, 3.8) is 0 Å². The molecule has 10 heteroatoms. The fourth-order valence-corrected chi connectivity index (χ4v) is 5.80. The second kappa shape index (κ2) is 10.9. The van der Waals surface area contributed by atoms with Gasteiger partial charge in [0.05, 0.1) is 17.0 Å². The van der Waals surface area contributed by atoms with Crippen LogP contribution in [0.4, 0.5) is 4.39 Å². The van der Waals surface area contributed by atoms with Crippen molar-refractivity contribution in [1.82, 2.24) is 8.96 Å². The number of carboxylic acids is 1. The molecule has 8 nitrogen and oxygen atoms in total. The van der Waals surface area contributed by atoms with E-state index >= 15 is 4.39 Å². The number of benzene rings is 3. The van der Waals surface area contributed by atoms with E-state index in [1.807, 2.05) is 6.92 Å². The van der Waals surface area contributed by atoms with E-state index in [0.29, 0.717) is 33.5 Å². The molecule has 0 saturated carbocycles. The number of carboxylic acid groups (broad SMARTS) is 1. The van der Waals surface area contributed by atoms with E-state index in [9.17, 15) is 18.3 Å². The highest BCUT2D eigenvalue weighted by Crippen LogP contribution is 2.34. The van der Waals surface area contributed by atoms with Gasteiger partial charge in [0.1, 0.15) is 18.2 Å². The van der Waals surface area contributed by atoms with Crippen molar-refractivity contribution in [2.24, 2.45) is 5.73 Å². The predicted molar refractivity (Wildman–Crippen MR) is 149 cm³/mol. The zero-order chi connectivity index (χ0) is 28.4. The number of carbonyl (C=O) groups is 1. The average molecular weight is 560 g/mol. The Kier molecular flexibility index (Phi) is 7.38. The number of rotatable bonds is 9. The number of aryl methyl sites for hydroxylation is 1. The van der Waals surface area contributed by atoms with Crippen molar-refractivity contribution in [3.8, 4) is 16.9 Å². The normalized spacial score (nSPS) is 11.6. The summed E-state index contributed by atoms with van der Waals surface area (Å²) in [5.41, 5.74) is 8.54. The number of nitrogens with two attached hydrogens (primary N) is 1. The summed E-state index contributed by atoms with van der Waals surface area (Å²) in [6, 6.07) is 21.3. The van der Waals surface area contributed by atoms with Gasteiger partial charge in [0, 0.05) is 34.8 Å². The monoisotopic (exact) mass is 559 g/mol. The van der Waals surface area contributed by atoms with Crippen molar-refractivity contribution in [1.29, 1.82) is 0 Å². The van der Waals surface area contributed by atoms with Crippen molar-refractivity contribution in [3.05, 3.63) is 113 Å². The molecule has 0 aliphatic carbocycles. The van der Waals surface area contributed by atoms with E-state index in [0.717, 1.165) is 9.54 Å². The lowest BCUT2D eigenvalue weighted by atomic mass is 9.99. The van der Waals surface area contributed by atoms with Gasteiger partial charge in [-0.1, -0.05) is 54.1 Å². The predicted octanol–water partition coefficient (Wildman–Crippen LogP) is 5.05. The van der Waals surface area contributed by atoms with Crippen LogP contribution in [0, 0.1) is 12.7 Å². The molecule has 5 aromatic rings. The maximum atomic E-state index is 15.5. The van der Waals surface area contributed by atoms with Crippen LogP contribution in [0.1, 0.15) is 22.4 Å². The molecule has 0 spiro atoms. The molecule has 2 aromatic heterocycles. The van der Waals surface area contributed by atoms with Gasteiger partial charge >= 0.3 is 5.97 Å². The largest absolute Gasteiger partial charge is 0.487 e. The van der Waals surface area contributed by atoms with E-state index in [1.165, 1.54) is 18.3 Å². The third-order valence-electron chi connectivity index (χ3n) is 6.53. The van der Waals surface area contributed by atoms with Gasteiger partial charge in [-0.2, -0.15) is 0 Å². The van der Waals surface area contributed by atoms with Crippen molar-refractivity contribution >= 4 is 27.0 Å². The fraction of sp³-hybridized carbons (Fsp3) is 0.133. The van der Waals surface area contributed by atoms with Gasteiger partial charge in [-0.25, -0.2) is 21.8 Å². The summed E-state index contributed by atoms with van der Waals surface area (Å²) in [4.78, 5) is 16.0. The average Bonchev–Trinajstić information content (AvgIpc) is 3.37. The molecule has 0 aliphatic rings. The standard InChI is InChI=1S/C30H26FN3O5S/c1-19-9-11-23(12-10-19)40(37,38)34-14-13-25-26(24-7-4-6-21(17-32)29(24)31)16-22(33-30(25)34)18-39-27-8-3-2-5-20(27)15-28(35)36/h2-14,16H,15,17-18,32H2,1H3,(H,35,36). The molecular weight excluding hydrogens is 533 g/mol. The number of hydrogen-bond acceptors (Lipinski definition) is 6. The van der Waals surface area contributed by atoms with Crippen molar-refractivity contribution in [2.75, 3.05) is 0 Å². The summed E-state index contributed by atoms with van der Waals surface area (Å²) < 4.78 is 49.7. The summed E-state index contributed by atoms with van der Waals surface area (Å²) in [5.74, 6) is -1.16. The molecule has 2 heterocycles. The SMILES string of the molecule is Cc1ccc(S(=O)(=O)n2ccc3c(-c4cccc(CN)c4F)cc(COc4ccccc4CC(=O)O)nc32)cc1. The number of ether oxygens (including phenoxy) is 1. The number of aliphatic carboxylic acids is 1. The van der Waals surface area contributed by atoms with E-state index in [-0.39, 0.29) is 35.7 Å². The Bertz CT molecular complexity index is 1830. The van der Waals surface area contributed by atoms with Gasteiger partial charge in [0.2, 0.25) is 0 Å². The third-order valence-corrected chi connectivity index (χ3v) is 8.21. The fourth-order valence-electron chi connectivity index (χ4n) is 4.50. The van der Waals surface area contributed by atoms with Gasteiger partial charge in [-0.05, 0) is 42.8 Å². The van der Waals surface area contributed by atoms with Crippen LogP contribution in [0.2, 0.25) is 0 Å². The first-order valence-corrected chi connectivity index (χ1v) is 13.9. The molecule has 0 bridgehead atoms. The second-order valence-corrected chi connectivity index (χ2v) is 11.1. The number of hydrogen-bond donors (Lipinski definition) is 2. The lowest BCUT2D eigenvalue weighted by molar-refractivity contribution is -0.136. The lowest BCUT2D eigenvalue weighted by Gasteiger charge is -2.14. The first-order valence-electron chi connectivity index (χ1n) is 12.4. The Labute approximate surface area is 230 Å². The van der Waals surface area contributed by atoms with Crippen LogP contribution in [0.25, 0.3) is 22.2 Å². The molecule has 0 atom stereocenters.